The minimum atomic E-state index is -0.264. The second-order valence-corrected chi connectivity index (χ2v) is 22.0. The fraction of sp³-hybridized carbons (Fsp3) is 0.257. The first-order valence-electron chi connectivity index (χ1n) is 27.4. The smallest absolute Gasteiger partial charge is 0.196 e. The van der Waals surface area contributed by atoms with Crippen molar-refractivity contribution in [3.05, 3.63) is 210 Å². The number of benzene rings is 7. The molecule has 393 valence electrons. The molecule has 0 aliphatic heterocycles. The first-order valence-corrected chi connectivity index (χ1v) is 28.2. The molecule has 1 N–H and O–H groups in total. The third-order valence-corrected chi connectivity index (χ3v) is 16.4. The van der Waals surface area contributed by atoms with E-state index in [1.165, 1.54) is 146 Å². The van der Waals surface area contributed by atoms with Gasteiger partial charge in [-0.05, 0) is 160 Å². The van der Waals surface area contributed by atoms with E-state index in [-0.39, 0.29) is 43.7 Å². The van der Waals surface area contributed by atoms with Crippen LogP contribution in [-0.4, -0.2) is 27.0 Å². The number of ketones is 1. The predicted molar refractivity (Wildman–Crippen MR) is 320 cm³/mol. The molecule has 0 saturated carbocycles. The van der Waals surface area contributed by atoms with Crippen LogP contribution in [-0.2, 0) is 30.3 Å². The molecule has 0 bridgehead atoms. The van der Waals surface area contributed by atoms with Crippen molar-refractivity contribution in [3.8, 4) is 55.4 Å². The number of aryl methyl sites for hydroxylation is 3. The topological polar surface area (TPSA) is 64.3 Å². The summed E-state index contributed by atoms with van der Waals surface area (Å²) >= 11 is 1.73. The SMILES string of the molecule is CCCCCCC1(CCCCCC)c2cc(-c3ccc(C)c(OCC(=O)C=C(C)O)c3)ccc2-c2ccc(-c3ccc4c(c3)c3ccc(C)cc3n4-c3ccc(C)cc3)cc21.[Ir].[c-]1c(-c2ccccn2)sc2ccccc12. The molecule has 3 aromatic heterocycles. The number of rotatable bonds is 18. The van der Waals surface area contributed by atoms with Crippen LogP contribution in [0.5, 0.6) is 5.75 Å². The van der Waals surface area contributed by atoms with E-state index < -0.39 is 0 Å². The van der Waals surface area contributed by atoms with Gasteiger partial charge in [-0.2, -0.15) is 0 Å². The zero-order chi connectivity index (χ0) is 52.8. The molecule has 0 amide bonds. The van der Waals surface area contributed by atoms with Crippen LogP contribution < -0.4 is 4.74 Å². The number of carbonyl (C=O) groups excluding carboxylic acids is 1. The van der Waals surface area contributed by atoms with Gasteiger partial charge in [0, 0.05) is 59.9 Å². The number of hydrogen-bond acceptors (Lipinski definition) is 5. The predicted octanol–water partition coefficient (Wildman–Crippen LogP) is 19.4. The Hall–Kier alpha value is -6.89. The van der Waals surface area contributed by atoms with Crippen LogP contribution in [0.25, 0.3) is 81.5 Å². The van der Waals surface area contributed by atoms with Crippen molar-refractivity contribution < 1.29 is 34.7 Å². The van der Waals surface area contributed by atoms with E-state index in [2.05, 4.69) is 177 Å². The Kier molecular flexibility index (Phi) is 17.5. The molecule has 0 spiro atoms. The van der Waals surface area contributed by atoms with Gasteiger partial charge in [0.05, 0.1) is 16.8 Å². The second-order valence-electron chi connectivity index (χ2n) is 20.9. The number of allylic oxidation sites excluding steroid dienone is 1. The molecule has 3 heterocycles. The zero-order valence-corrected chi connectivity index (χ0v) is 48.6. The van der Waals surface area contributed by atoms with Crippen molar-refractivity contribution in [1.82, 2.24) is 9.55 Å². The quantitative estimate of drug-likeness (QED) is 0.0402. The molecule has 5 nitrogen and oxygen atoms in total. The fourth-order valence-corrected chi connectivity index (χ4v) is 12.4. The normalized spacial score (nSPS) is 12.5. The fourth-order valence-electron chi connectivity index (χ4n) is 11.4. The van der Waals surface area contributed by atoms with Crippen molar-refractivity contribution in [2.75, 3.05) is 6.61 Å². The Morgan fingerprint density at radius 2 is 1.27 bits per heavy atom. The molecule has 10 aromatic rings. The summed E-state index contributed by atoms with van der Waals surface area (Å²) < 4.78 is 9.72. The Morgan fingerprint density at radius 3 is 1.92 bits per heavy atom. The van der Waals surface area contributed by atoms with Crippen molar-refractivity contribution in [2.45, 2.75) is 111 Å². The van der Waals surface area contributed by atoms with Crippen LogP contribution in [0, 0.1) is 26.8 Å². The largest absolute Gasteiger partial charge is 0.512 e. The van der Waals surface area contributed by atoms with Crippen LogP contribution in [0.3, 0.4) is 0 Å². The molecule has 0 unspecified atom stereocenters. The zero-order valence-electron chi connectivity index (χ0n) is 45.3. The summed E-state index contributed by atoms with van der Waals surface area (Å²) in [4.78, 5) is 17.8. The summed E-state index contributed by atoms with van der Waals surface area (Å²) in [7, 11) is 0. The van der Waals surface area contributed by atoms with Crippen LogP contribution in [0.1, 0.15) is 113 Å². The molecule has 1 aliphatic carbocycles. The number of nitrogens with zero attached hydrogens (tertiary/aromatic N) is 2. The molecule has 11 rings (SSSR count). The summed E-state index contributed by atoms with van der Waals surface area (Å²) in [5.74, 6) is 0.402. The number of fused-ring (bicyclic) bond motifs is 7. The first-order chi connectivity index (χ1) is 37.0. The van der Waals surface area contributed by atoms with E-state index in [0.717, 1.165) is 40.1 Å². The van der Waals surface area contributed by atoms with Crippen LogP contribution >= 0.6 is 11.3 Å². The Bertz CT molecular complexity index is 3670. The molecule has 1 radical (unpaired) electrons. The summed E-state index contributed by atoms with van der Waals surface area (Å²) in [6, 6.07) is 61.1. The van der Waals surface area contributed by atoms with Gasteiger partial charge in [0.15, 0.2) is 12.4 Å². The molecule has 7 heteroatoms. The average molecular weight is 1210 g/mol. The summed E-state index contributed by atoms with van der Waals surface area (Å²) in [5.41, 5.74) is 18.4. The Morgan fingerprint density at radius 1 is 0.649 bits per heavy atom. The van der Waals surface area contributed by atoms with Gasteiger partial charge in [0.1, 0.15) is 5.75 Å². The van der Waals surface area contributed by atoms with E-state index in [9.17, 15) is 9.90 Å². The standard InChI is InChI=1S/C57H61NO3.C13H8NS.Ir/c1-7-9-11-13-29-57(30-14-12-10-8-2)52-34-43(42-22-28-54-51(33-42)50-25-17-39(4)31-55(50)58(54)46-23-15-38(3)16-24-46)20-26-48(52)49-27-21-44(35-53(49)57)45-19-18-40(5)56(36-45)61-37-47(60)32-41(6)59;1-2-7-12-10(5-1)9-13(15-12)11-6-3-4-8-14-11;/h15-28,31-36,59H,7-14,29-30,37H2,1-6H3;1-8H;/q;-1;. The van der Waals surface area contributed by atoms with Crippen molar-refractivity contribution in [1.29, 1.82) is 0 Å². The van der Waals surface area contributed by atoms with Crippen molar-refractivity contribution in [2.24, 2.45) is 0 Å². The molecule has 7 aromatic carbocycles. The minimum absolute atomic E-state index is 0. The number of aliphatic hydroxyl groups is 1. The Labute approximate surface area is 473 Å². The van der Waals surface area contributed by atoms with Gasteiger partial charge in [0.25, 0.3) is 0 Å². The number of aromatic nitrogens is 2. The molecular weight excluding hydrogens is 1140 g/mol. The number of pyridine rings is 1. The number of carbonyl (C=O) groups is 1. The summed E-state index contributed by atoms with van der Waals surface area (Å²) in [6.07, 6.45) is 15.1. The van der Waals surface area contributed by atoms with E-state index in [1.54, 1.807) is 11.3 Å². The van der Waals surface area contributed by atoms with Gasteiger partial charge < -0.3 is 19.4 Å². The van der Waals surface area contributed by atoms with Gasteiger partial charge >= 0.3 is 0 Å². The molecule has 0 saturated heterocycles. The second kappa shape index (κ2) is 24.6. The number of unbranched alkanes of at least 4 members (excludes halogenated alkanes) is 6. The van der Waals surface area contributed by atoms with Gasteiger partial charge in [0.2, 0.25) is 0 Å². The molecule has 1 aliphatic rings. The summed E-state index contributed by atoms with van der Waals surface area (Å²) in [6.45, 7) is 12.3. The third kappa shape index (κ3) is 11.8. The number of ether oxygens (including phenoxy) is 1. The number of thiophene rings is 1. The monoisotopic (exact) mass is 1210 g/mol. The van der Waals surface area contributed by atoms with Gasteiger partial charge in [-0.25, -0.2) is 11.3 Å². The Balaban J connectivity index is 0.000000385. The molecule has 0 atom stereocenters. The van der Waals surface area contributed by atoms with Crippen LogP contribution in [0.15, 0.2) is 176 Å². The van der Waals surface area contributed by atoms with E-state index in [1.807, 2.05) is 37.4 Å². The maximum atomic E-state index is 12.4. The van der Waals surface area contributed by atoms with E-state index >= 15 is 0 Å². The van der Waals surface area contributed by atoms with Crippen molar-refractivity contribution in [3.63, 3.8) is 0 Å². The molecule has 77 heavy (non-hydrogen) atoms. The maximum absolute atomic E-state index is 12.4. The van der Waals surface area contributed by atoms with E-state index in [4.69, 9.17) is 4.74 Å². The van der Waals surface area contributed by atoms with Crippen molar-refractivity contribution >= 4 is 49.0 Å². The average Bonchev–Trinajstić information content (AvgIpc) is 4.32. The summed E-state index contributed by atoms with van der Waals surface area (Å²) in [5, 5.41) is 13.3. The number of hydrogen-bond donors (Lipinski definition) is 1. The van der Waals surface area contributed by atoms with Gasteiger partial charge in [-0.3, -0.25) is 4.79 Å². The maximum Gasteiger partial charge on any atom is 0.196 e. The van der Waals surface area contributed by atoms with Gasteiger partial charge in [-0.15, -0.1) is 23.6 Å². The van der Waals surface area contributed by atoms with Crippen LogP contribution in [0.2, 0.25) is 0 Å². The molecular formula is C70H69IrN2O3S-. The third-order valence-electron chi connectivity index (χ3n) is 15.3. The van der Waals surface area contributed by atoms with Gasteiger partial charge in [-0.1, -0.05) is 162 Å². The number of aliphatic hydroxyl groups excluding tert-OH is 1. The van der Waals surface area contributed by atoms with Crippen LogP contribution in [0.4, 0.5) is 0 Å². The first kappa shape index (κ1) is 54.9. The molecule has 0 fully saturated rings. The van der Waals surface area contributed by atoms with E-state index in [0.29, 0.717) is 5.75 Å². The minimum Gasteiger partial charge on any atom is -0.512 e.